The summed E-state index contributed by atoms with van der Waals surface area (Å²) in [5.74, 6) is 0.629. The lowest BCUT2D eigenvalue weighted by molar-refractivity contribution is 0.836. The number of rotatable bonds is 2. The van der Waals surface area contributed by atoms with Gasteiger partial charge in [0.2, 0.25) is 0 Å². The van der Waals surface area contributed by atoms with Gasteiger partial charge >= 0.3 is 0 Å². The number of nitrogens with one attached hydrogen (secondary N) is 1. The summed E-state index contributed by atoms with van der Waals surface area (Å²) >= 11 is 0. The molecule has 0 unspecified atom stereocenters. The minimum Gasteiger partial charge on any atom is -0.365 e. The molecule has 0 saturated heterocycles. The quantitative estimate of drug-likeness (QED) is 0.665. The molecule has 0 atom stereocenters. The van der Waals surface area contributed by atoms with Crippen molar-refractivity contribution in [2.45, 2.75) is 20.8 Å². The standard InChI is InChI=1S/C10H15N/c1-8(2)4-5-10-6-7-11-9(10)3/h4-8,11H,1-3H3/b5-4+. The van der Waals surface area contributed by atoms with Crippen LogP contribution in [0.4, 0.5) is 0 Å². The van der Waals surface area contributed by atoms with Gasteiger partial charge in [0.25, 0.3) is 0 Å². The third kappa shape index (κ3) is 2.26. The van der Waals surface area contributed by atoms with E-state index in [1.165, 1.54) is 11.3 Å². The molecule has 0 aliphatic carbocycles. The van der Waals surface area contributed by atoms with Crippen molar-refractivity contribution in [1.82, 2.24) is 4.98 Å². The molecule has 0 radical (unpaired) electrons. The van der Waals surface area contributed by atoms with Crippen LogP contribution in [-0.2, 0) is 0 Å². The van der Waals surface area contributed by atoms with Gasteiger partial charge in [0, 0.05) is 11.9 Å². The number of aromatic amines is 1. The van der Waals surface area contributed by atoms with Crippen LogP contribution in [0.3, 0.4) is 0 Å². The fraction of sp³-hybridized carbons (Fsp3) is 0.400. The van der Waals surface area contributed by atoms with E-state index in [1.807, 2.05) is 6.20 Å². The molecule has 0 amide bonds. The van der Waals surface area contributed by atoms with Gasteiger partial charge in [-0.3, -0.25) is 0 Å². The number of hydrogen-bond acceptors (Lipinski definition) is 0. The molecule has 1 aromatic heterocycles. The number of aryl methyl sites for hydroxylation is 1. The molecule has 1 nitrogen and oxygen atoms in total. The maximum absolute atomic E-state index is 3.14. The number of hydrogen-bond donors (Lipinski definition) is 1. The Balaban J connectivity index is 2.71. The Bertz CT molecular complexity index is 243. The molecule has 1 heteroatoms. The molecular formula is C10H15N. The highest BCUT2D eigenvalue weighted by molar-refractivity contribution is 5.51. The summed E-state index contributed by atoms with van der Waals surface area (Å²) in [7, 11) is 0. The minimum atomic E-state index is 0.629. The Kier molecular flexibility index (Phi) is 2.53. The zero-order valence-electron chi connectivity index (χ0n) is 7.39. The first kappa shape index (κ1) is 8.12. The molecule has 1 aromatic rings. The smallest absolute Gasteiger partial charge is 0.0188 e. The normalized spacial score (nSPS) is 11.6. The fourth-order valence-electron chi connectivity index (χ4n) is 0.941. The van der Waals surface area contributed by atoms with Crippen molar-refractivity contribution in [3.05, 3.63) is 29.6 Å². The molecule has 0 aromatic carbocycles. The van der Waals surface area contributed by atoms with Gasteiger partial charge in [0.1, 0.15) is 0 Å². The van der Waals surface area contributed by atoms with Gasteiger partial charge in [-0.15, -0.1) is 0 Å². The maximum atomic E-state index is 3.14. The van der Waals surface area contributed by atoms with Gasteiger partial charge in [0.05, 0.1) is 0 Å². The molecule has 11 heavy (non-hydrogen) atoms. The second-order valence-corrected chi connectivity index (χ2v) is 3.16. The maximum Gasteiger partial charge on any atom is 0.0188 e. The van der Waals surface area contributed by atoms with Crippen molar-refractivity contribution < 1.29 is 0 Å². The second kappa shape index (κ2) is 3.42. The minimum absolute atomic E-state index is 0.629. The van der Waals surface area contributed by atoms with Gasteiger partial charge in [-0.25, -0.2) is 0 Å². The number of allylic oxidation sites excluding steroid dienone is 1. The van der Waals surface area contributed by atoms with Crippen LogP contribution in [0.1, 0.15) is 25.1 Å². The zero-order chi connectivity index (χ0) is 8.27. The van der Waals surface area contributed by atoms with Gasteiger partial charge in [-0.05, 0) is 24.5 Å². The lowest BCUT2D eigenvalue weighted by atomic mass is 10.1. The molecule has 0 spiro atoms. The predicted molar refractivity (Wildman–Crippen MR) is 49.4 cm³/mol. The third-order valence-electron chi connectivity index (χ3n) is 1.66. The van der Waals surface area contributed by atoms with Crippen molar-refractivity contribution in [2.24, 2.45) is 5.92 Å². The summed E-state index contributed by atoms with van der Waals surface area (Å²) in [5, 5.41) is 0. The molecule has 0 aliphatic rings. The van der Waals surface area contributed by atoms with E-state index < -0.39 is 0 Å². The van der Waals surface area contributed by atoms with Crippen LogP contribution >= 0.6 is 0 Å². The van der Waals surface area contributed by atoms with Gasteiger partial charge in [-0.1, -0.05) is 26.0 Å². The van der Waals surface area contributed by atoms with E-state index in [0.29, 0.717) is 5.92 Å². The predicted octanol–water partition coefficient (Wildman–Crippen LogP) is 2.99. The number of aromatic nitrogens is 1. The molecule has 0 bridgehead atoms. The van der Waals surface area contributed by atoms with Crippen LogP contribution in [0, 0.1) is 12.8 Å². The Morgan fingerprint density at radius 2 is 2.18 bits per heavy atom. The largest absolute Gasteiger partial charge is 0.365 e. The number of H-pyrrole nitrogens is 1. The first-order chi connectivity index (χ1) is 5.20. The SMILES string of the molecule is Cc1[nH]ccc1/C=C/C(C)C. The van der Waals surface area contributed by atoms with Crippen LogP contribution in [0.5, 0.6) is 0 Å². The fourth-order valence-corrected chi connectivity index (χ4v) is 0.941. The van der Waals surface area contributed by atoms with E-state index in [0.717, 1.165) is 0 Å². The van der Waals surface area contributed by atoms with E-state index in [1.54, 1.807) is 0 Å². The summed E-state index contributed by atoms with van der Waals surface area (Å²) in [6.07, 6.45) is 6.34. The third-order valence-corrected chi connectivity index (χ3v) is 1.66. The van der Waals surface area contributed by atoms with Crippen molar-refractivity contribution in [3.63, 3.8) is 0 Å². The Morgan fingerprint density at radius 1 is 1.45 bits per heavy atom. The second-order valence-electron chi connectivity index (χ2n) is 3.16. The molecular weight excluding hydrogens is 134 g/mol. The molecule has 1 N–H and O–H groups in total. The Hall–Kier alpha value is -0.980. The van der Waals surface area contributed by atoms with E-state index in [4.69, 9.17) is 0 Å². The molecule has 0 aliphatic heterocycles. The van der Waals surface area contributed by atoms with E-state index in [9.17, 15) is 0 Å². The lowest BCUT2D eigenvalue weighted by Crippen LogP contribution is -1.78. The highest BCUT2D eigenvalue weighted by Gasteiger charge is 1.92. The Labute approximate surface area is 68.1 Å². The van der Waals surface area contributed by atoms with Crippen molar-refractivity contribution >= 4 is 6.08 Å². The van der Waals surface area contributed by atoms with Crippen LogP contribution in [0.25, 0.3) is 6.08 Å². The summed E-state index contributed by atoms with van der Waals surface area (Å²) in [4.78, 5) is 3.14. The topological polar surface area (TPSA) is 15.8 Å². The van der Waals surface area contributed by atoms with Gasteiger partial charge < -0.3 is 4.98 Å². The Morgan fingerprint density at radius 3 is 2.64 bits per heavy atom. The van der Waals surface area contributed by atoms with Gasteiger partial charge in [-0.2, -0.15) is 0 Å². The molecule has 0 fully saturated rings. The molecule has 0 saturated carbocycles. The van der Waals surface area contributed by atoms with Crippen LogP contribution < -0.4 is 0 Å². The zero-order valence-corrected chi connectivity index (χ0v) is 7.39. The highest BCUT2D eigenvalue weighted by Crippen LogP contribution is 2.08. The average molecular weight is 149 g/mol. The van der Waals surface area contributed by atoms with Crippen molar-refractivity contribution in [1.29, 1.82) is 0 Å². The van der Waals surface area contributed by atoms with E-state index in [2.05, 4.69) is 44.0 Å². The summed E-state index contributed by atoms with van der Waals surface area (Å²) < 4.78 is 0. The first-order valence-electron chi connectivity index (χ1n) is 4.02. The average Bonchev–Trinajstić information content (AvgIpc) is 2.31. The monoisotopic (exact) mass is 149 g/mol. The summed E-state index contributed by atoms with van der Waals surface area (Å²) in [5.41, 5.74) is 2.53. The molecule has 1 rings (SSSR count). The summed E-state index contributed by atoms with van der Waals surface area (Å²) in [6, 6.07) is 2.09. The van der Waals surface area contributed by atoms with Crippen LogP contribution in [-0.4, -0.2) is 4.98 Å². The van der Waals surface area contributed by atoms with Crippen molar-refractivity contribution in [3.8, 4) is 0 Å². The van der Waals surface area contributed by atoms with Crippen LogP contribution in [0.15, 0.2) is 18.3 Å². The molecule has 60 valence electrons. The van der Waals surface area contributed by atoms with Gasteiger partial charge in [0.15, 0.2) is 0 Å². The lowest BCUT2D eigenvalue weighted by Gasteiger charge is -1.93. The summed E-state index contributed by atoms with van der Waals surface area (Å²) in [6.45, 7) is 6.44. The highest BCUT2D eigenvalue weighted by atomic mass is 14.7. The van der Waals surface area contributed by atoms with E-state index in [-0.39, 0.29) is 0 Å². The van der Waals surface area contributed by atoms with E-state index >= 15 is 0 Å². The molecule has 1 heterocycles. The van der Waals surface area contributed by atoms with Crippen molar-refractivity contribution in [2.75, 3.05) is 0 Å². The van der Waals surface area contributed by atoms with Crippen LogP contribution in [0.2, 0.25) is 0 Å². The first-order valence-corrected chi connectivity index (χ1v) is 4.02.